The van der Waals surface area contributed by atoms with Crippen LogP contribution in [0, 0.1) is 5.92 Å². The van der Waals surface area contributed by atoms with Crippen LogP contribution >= 0.6 is 11.3 Å². The van der Waals surface area contributed by atoms with Crippen LogP contribution in [-0.2, 0) is 25.1 Å². The Bertz CT molecular complexity index is 438. The molecule has 0 N–H and O–H groups in total. The standard InChI is InChI=1S/C9H13NO4S2/c1-7(9(11)14-2)4-16(12,13)5-8-3-10-6-15-8/h3,6-7H,4-5H2,1-2H3. The van der Waals surface area contributed by atoms with Gasteiger partial charge >= 0.3 is 5.97 Å². The maximum absolute atomic E-state index is 11.7. The van der Waals surface area contributed by atoms with Gasteiger partial charge in [-0.15, -0.1) is 11.3 Å². The fourth-order valence-electron chi connectivity index (χ4n) is 1.24. The molecule has 1 unspecified atom stereocenters. The largest absolute Gasteiger partial charge is 0.469 e. The van der Waals surface area contributed by atoms with Crippen LogP contribution in [0.25, 0.3) is 0 Å². The summed E-state index contributed by atoms with van der Waals surface area (Å²) in [5, 5.41) is 0. The van der Waals surface area contributed by atoms with Gasteiger partial charge in [0.05, 0.1) is 30.0 Å². The number of hydrogen-bond acceptors (Lipinski definition) is 6. The van der Waals surface area contributed by atoms with Crippen LogP contribution in [0.15, 0.2) is 11.7 Å². The Balaban J connectivity index is 2.62. The van der Waals surface area contributed by atoms with E-state index in [0.29, 0.717) is 4.88 Å². The monoisotopic (exact) mass is 263 g/mol. The minimum Gasteiger partial charge on any atom is -0.469 e. The summed E-state index contributed by atoms with van der Waals surface area (Å²) >= 11 is 1.28. The summed E-state index contributed by atoms with van der Waals surface area (Å²) in [7, 11) is -2.04. The highest BCUT2D eigenvalue weighted by molar-refractivity contribution is 7.90. The lowest BCUT2D eigenvalue weighted by Gasteiger charge is -2.08. The van der Waals surface area contributed by atoms with Crippen LogP contribution in [0.3, 0.4) is 0 Å². The zero-order chi connectivity index (χ0) is 12.2. The average molecular weight is 263 g/mol. The van der Waals surface area contributed by atoms with Crippen molar-refractivity contribution in [1.29, 1.82) is 0 Å². The van der Waals surface area contributed by atoms with E-state index >= 15 is 0 Å². The van der Waals surface area contributed by atoms with Crippen LogP contribution in [0.5, 0.6) is 0 Å². The summed E-state index contributed by atoms with van der Waals surface area (Å²) in [5.41, 5.74) is 1.58. The second kappa shape index (κ2) is 5.40. The lowest BCUT2D eigenvalue weighted by molar-refractivity contribution is -0.144. The summed E-state index contributed by atoms with van der Waals surface area (Å²) in [6.07, 6.45) is 1.52. The van der Waals surface area contributed by atoms with Crippen molar-refractivity contribution in [3.63, 3.8) is 0 Å². The predicted octanol–water partition coefficient (Wildman–Crippen LogP) is 0.867. The molecule has 7 heteroatoms. The Hall–Kier alpha value is -0.950. The van der Waals surface area contributed by atoms with Gasteiger partial charge in [0.1, 0.15) is 0 Å². The van der Waals surface area contributed by atoms with Gasteiger partial charge in [0, 0.05) is 11.1 Å². The molecule has 0 aliphatic rings. The van der Waals surface area contributed by atoms with Crippen molar-refractivity contribution >= 4 is 27.1 Å². The lowest BCUT2D eigenvalue weighted by atomic mass is 10.2. The molecule has 0 amide bonds. The molecule has 1 heterocycles. The molecule has 0 saturated carbocycles. The Morgan fingerprint density at radius 1 is 1.62 bits per heavy atom. The number of nitrogens with zero attached hydrogens (tertiary/aromatic N) is 1. The summed E-state index contributed by atoms with van der Waals surface area (Å²) in [6, 6.07) is 0. The predicted molar refractivity (Wildman–Crippen MR) is 60.8 cm³/mol. The molecule has 5 nitrogen and oxygen atoms in total. The number of thiazole rings is 1. The number of sulfone groups is 1. The van der Waals surface area contributed by atoms with Gasteiger partial charge in [0.25, 0.3) is 0 Å². The summed E-state index contributed by atoms with van der Waals surface area (Å²) < 4.78 is 27.9. The van der Waals surface area contributed by atoms with E-state index in [0.717, 1.165) is 0 Å². The molecule has 1 rings (SSSR count). The molecule has 1 atom stereocenters. The molecule has 0 aromatic carbocycles. The first-order valence-corrected chi connectivity index (χ1v) is 7.30. The van der Waals surface area contributed by atoms with E-state index in [2.05, 4.69) is 9.72 Å². The maximum Gasteiger partial charge on any atom is 0.309 e. The van der Waals surface area contributed by atoms with Gasteiger partial charge in [-0.05, 0) is 0 Å². The third-order valence-corrected chi connectivity index (χ3v) is 4.67. The van der Waals surface area contributed by atoms with Crippen LogP contribution < -0.4 is 0 Å². The van der Waals surface area contributed by atoms with Crippen molar-refractivity contribution in [1.82, 2.24) is 4.98 Å². The van der Waals surface area contributed by atoms with Gasteiger partial charge < -0.3 is 4.74 Å². The number of esters is 1. The zero-order valence-corrected chi connectivity index (χ0v) is 10.7. The number of ether oxygens (including phenoxy) is 1. The molecule has 0 saturated heterocycles. The Labute approximate surface area is 98.4 Å². The molecule has 1 aromatic heterocycles. The van der Waals surface area contributed by atoms with E-state index < -0.39 is 21.7 Å². The molecule has 0 aliphatic heterocycles. The fraction of sp³-hybridized carbons (Fsp3) is 0.556. The van der Waals surface area contributed by atoms with Crippen molar-refractivity contribution in [3.8, 4) is 0 Å². The summed E-state index contributed by atoms with van der Waals surface area (Å²) in [5.74, 6) is -1.41. The van der Waals surface area contributed by atoms with Gasteiger partial charge in [-0.25, -0.2) is 8.42 Å². The van der Waals surface area contributed by atoms with Gasteiger partial charge in [0.15, 0.2) is 9.84 Å². The Morgan fingerprint density at radius 2 is 2.31 bits per heavy atom. The number of methoxy groups -OCH3 is 1. The second-order valence-electron chi connectivity index (χ2n) is 3.45. The normalized spacial score (nSPS) is 13.4. The van der Waals surface area contributed by atoms with E-state index in [1.54, 1.807) is 5.51 Å². The molecule has 0 aliphatic carbocycles. The van der Waals surface area contributed by atoms with Crippen molar-refractivity contribution in [2.24, 2.45) is 5.92 Å². The van der Waals surface area contributed by atoms with Gasteiger partial charge in [-0.2, -0.15) is 0 Å². The first-order chi connectivity index (χ1) is 7.44. The molecular weight excluding hydrogens is 250 g/mol. The number of aromatic nitrogens is 1. The SMILES string of the molecule is COC(=O)C(C)CS(=O)(=O)Cc1cncs1. The van der Waals surface area contributed by atoms with Gasteiger partial charge in [0.2, 0.25) is 0 Å². The minimum absolute atomic E-state index is 0.0704. The maximum atomic E-state index is 11.7. The van der Waals surface area contributed by atoms with Gasteiger partial charge in [-0.1, -0.05) is 6.92 Å². The molecule has 0 bridgehead atoms. The quantitative estimate of drug-likeness (QED) is 0.737. The Kier molecular flexibility index (Phi) is 4.43. The van der Waals surface area contributed by atoms with Crippen LogP contribution in [-0.4, -0.2) is 32.2 Å². The van der Waals surface area contributed by atoms with E-state index in [4.69, 9.17) is 0 Å². The van der Waals surface area contributed by atoms with Crippen molar-refractivity contribution in [2.45, 2.75) is 12.7 Å². The summed E-state index contributed by atoms with van der Waals surface area (Å²) in [6.45, 7) is 1.54. The van der Waals surface area contributed by atoms with Crippen LogP contribution in [0.1, 0.15) is 11.8 Å². The third kappa shape index (κ3) is 3.90. The molecule has 90 valence electrons. The fourth-order valence-corrected chi connectivity index (χ4v) is 3.95. The smallest absolute Gasteiger partial charge is 0.309 e. The van der Waals surface area contributed by atoms with Crippen LogP contribution in [0.4, 0.5) is 0 Å². The highest BCUT2D eigenvalue weighted by Gasteiger charge is 2.22. The van der Waals surface area contributed by atoms with E-state index in [-0.39, 0.29) is 11.5 Å². The zero-order valence-electron chi connectivity index (χ0n) is 9.04. The average Bonchev–Trinajstić information content (AvgIpc) is 2.67. The molecule has 0 spiro atoms. The van der Waals surface area contributed by atoms with Crippen molar-refractivity contribution in [2.75, 3.05) is 12.9 Å². The van der Waals surface area contributed by atoms with Gasteiger partial charge in [-0.3, -0.25) is 9.78 Å². The molecular formula is C9H13NO4S2. The topological polar surface area (TPSA) is 73.3 Å². The third-order valence-electron chi connectivity index (χ3n) is 1.95. The number of rotatable bonds is 5. The summed E-state index contributed by atoms with van der Waals surface area (Å²) in [4.78, 5) is 15.6. The van der Waals surface area contributed by atoms with Crippen molar-refractivity contribution in [3.05, 3.63) is 16.6 Å². The molecule has 0 radical (unpaired) electrons. The second-order valence-corrected chi connectivity index (χ2v) is 6.53. The van der Waals surface area contributed by atoms with Crippen LogP contribution in [0.2, 0.25) is 0 Å². The minimum atomic E-state index is -3.29. The highest BCUT2D eigenvalue weighted by Crippen LogP contribution is 2.13. The van der Waals surface area contributed by atoms with Crippen molar-refractivity contribution < 1.29 is 17.9 Å². The van der Waals surface area contributed by atoms with E-state index in [1.807, 2.05) is 0 Å². The van der Waals surface area contributed by atoms with E-state index in [1.165, 1.54) is 31.6 Å². The number of hydrogen-bond donors (Lipinski definition) is 0. The molecule has 0 fully saturated rings. The lowest BCUT2D eigenvalue weighted by Crippen LogP contribution is -2.23. The number of carbonyl (C=O) groups excluding carboxylic acids is 1. The highest BCUT2D eigenvalue weighted by atomic mass is 32.2. The number of carbonyl (C=O) groups is 1. The first-order valence-electron chi connectivity index (χ1n) is 4.60. The molecule has 1 aromatic rings. The first kappa shape index (κ1) is 13.1. The van der Waals surface area contributed by atoms with E-state index in [9.17, 15) is 13.2 Å². The molecule has 16 heavy (non-hydrogen) atoms. The Morgan fingerprint density at radius 3 is 2.81 bits per heavy atom.